The lowest BCUT2D eigenvalue weighted by molar-refractivity contribution is 0.0827. The number of nitrogens with zero attached hydrogens (tertiary/aromatic N) is 4. The number of hydrogen-bond acceptors (Lipinski definition) is 4. The minimum atomic E-state index is -0.225. The van der Waals surface area contributed by atoms with Crippen molar-refractivity contribution >= 4 is 28.5 Å². The Morgan fingerprint density at radius 3 is 2.36 bits per heavy atom. The van der Waals surface area contributed by atoms with E-state index in [1.807, 2.05) is 33.9 Å². The second-order valence-electron chi connectivity index (χ2n) is 7.39. The second kappa shape index (κ2) is 7.42. The predicted octanol–water partition coefficient (Wildman–Crippen LogP) is 3.35. The van der Waals surface area contributed by atoms with Gasteiger partial charge in [0.05, 0.1) is 16.6 Å². The van der Waals surface area contributed by atoms with Gasteiger partial charge in [-0.2, -0.15) is 5.10 Å². The molecule has 1 aromatic carbocycles. The van der Waals surface area contributed by atoms with Gasteiger partial charge in [0, 0.05) is 38.1 Å². The summed E-state index contributed by atoms with van der Waals surface area (Å²) in [5, 5.41) is 8.09. The number of anilines is 1. The molecule has 1 N–H and O–H groups in total. The SMILES string of the molecule is Cc1nn(C)c2nc(C(C)C)cc(C(=O)Nc3ccc(C(=O)N(C)C)cc3)c12. The molecule has 0 aliphatic rings. The number of nitrogens with one attached hydrogen (secondary N) is 1. The lowest BCUT2D eigenvalue weighted by Gasteiger charge is -2.12. The lowest BCUT2D eigenvalue weighted by atomic mass is 10.0. The minimum absolute atomic E-state index is 0.0821. The van der Waals surface area contributed by atoms with Gasteiger partial charge in [0.1, 0.15) is 0 Å². The zero-order valence-electron chi connectivity index (χ0n) is 17.1. The highest BCUT2D eigenvalue weighted by molar-refractivity contribution is 6.12. The van der Waals surface area contributed by atoms with Crippen molar-refractivity contribution in [2.24, 2.45) is 7.05 Å². The fraction of sp³-hybridized carbons (Fsp3) is 0.333. The Labute approximate surface area is 164 Å². The first-order chi connectivity index (χ1) is 13.2. The standard InChI is InChI=1S/C21H25N5O2/c1-12(2)17-11-16(18-13(3)24-26(6)19(18)23-17)20(27)22-15-9-7-14(8-10-15)21(28)25(4)5/h7-12H,1-6H3,(H,22,27). The summed E-state index contributed by atoms with van der Waals surface area (Å²) in [6.45, 7) is 5.95. The Bertz CT molecular complexity index is 1050. The van der Waals surface area contributed by atoms with E-state index in [-0.39, 0.29) is 17.7 Å². The Balaban J connectivity index is 1.96. The third kappa shape index (κ3) is 3.60. The molecule has 28 heavy (non-hydrogen) atoms. The van der Waals surface area contributed by atoms with Crippen molar-refractivity contribution in [1.29, 1.82) is 0 Å². The first kappa shape index (κ1) is 19.5. The van der Waals surface area contributed by atoms with Gasteiger partial charge in [0.25, 0.3) is 11.8 Å². The molecule has 0 bridgehead atoms. The maximum atomic E-state index is 13.0. The summed E-state index contributed by atoms with van der Waals surface area (Å²) in [7, 11) is 5.24. The number of rotatable bonds is 4. The summed E-state index contributed by atoms with van der Waals surface area (Å²) in [5.74, 6) is -0.124. The molecule has 0 atom stereocenters. The molecule has 0 saturated carbocycles. The van der Waals surface area contributed by atoms with Crippen LogP contribution < -0.4 is 5.32 Å². The molecule has 3 aromatic rings. The van der Waals surface area contributed by atoms with E-state index in [0.29, 0.717) is 22.5 Å². The van der Waals surface area contributed by atoms with Crippen LogP contribution >= 0.6 is 0 Å². The summed E-state index contributed by atoms with van der Waals surface area (Å²) in [5.41, 5.74) is 4.04. The van der Waals surface area contributed by atoms with Crippen LogP contribution in [0.3, 0.4) is 0 Å². The molecule has 3 rings (SSSR count). The maximum Gasteiger partial charge on any atom is 0.256 e. The number of carbonyl (C=O) groups excluding carboxylic acids is 2. The average molecular weight is 379 g/mol. The van der Waals surface area contributed by atoms with E-state index >= 15 is 0 Å². The van der Waals surface area contributed by atoms with Crippen LogP contribution in [0.25, 0.3) is 11.0 Å². The first-order valence-electron chi connectivity index (χ1n) is 9.16. The monoisotopic (exact) mass is 379 g/mol. The zero-order valence-corrected chi connectivity index (χ0v) is 17.1. The largest absolute Gasteiger partial charge is 0.345 e. The quantitative estimate of drug-likeness (QED) is 0.754. The fourth-order valence-electron chi connectivity index (χ4n) is 3.09. The third-order valence-electron chi connectivity index (χ3n) is 4.62. The normalized spacial score (nSPS) is 11.1. The number of amides is 2. The molecule has 0 aliphatic carbocycles. The van der Waals surface area contributed by atoms with Gasteiger partial charge in [0.15, 0.2) is 5.65 Å². The van der Waals surface area contributed by atoms with Crippen LogP contribution in [0.2, 0.25) is 0 Å². The molecular formula is C21H25N5O2. The lowest BCUT2D eigenvalue weighted by Crippen LogP contribution is -2.21. The molecule has 2 heterocycles. The molecule has 0 radical (unpaired) electrons. The number of benzene rings is 1. The molecule has 146 valence electrons. The van der Waals surface area contributed by atoms with Gasteiger partial charge in [-0.1, -0.05) is 13.8 Å². The summed E-state index contributed by atoms with van der Waals surface area (Å²) >= 11 is 0. The van der Waals surface area contributed by atoms with E-state index in [9.17, 15) is 9.59 Å². The topological polar surface area (TPSA) is 80.1 Å². The molecular weight excluding hydrogens is 354 g/mol. The number of aryl methyl sites for hydroxylation is 2. The predicted molar refractivity (Wildman–Crippen MR) is 110 cm³/mol. The van der Waals surface area contributed by atoms with E-state index in [2.05, 4.69) is 15.4 Å². The van der Waals surface area contributed by atoms with Crippen molar-refractivity contribution in [2.45, 2.75) is 26.7 Å². The molecule has 0 aliphatic heterocycles. The molecule has 2 amide bonds. The van der Waals surface area contributed by atoms with Gasteiger partial charge >= 0.3 is 0 Å². The molecule has 0 saturated heterocycles. The van der Waals surface area contributed by atoms with Crippen LogP contribution in [0.15, 0.2) is 30.3 Å². The minimum Gasteiger partial charge on any atom is -0.345 e. The van der Waals surface area contributed by atoms with Gasteiger partial charge in [-0.05, 0) is 43.2 Å². The Hall–Kier alpha value is -3.22. The van der Waals surface area contributed by atoms with Gasteiger partial charge < -0.3 is 10.2 Å². The molecule has 0 fully saturated rings. The van der Waals surface area contributed by atoms with Crippen molar-refractivity contribution < 1.29 is 9.59 Å². The van der Waals surface area contributed by atoms with Crippen LogP contribution in [0.4, 0.5) is 5.69 Å². The zero-order chi connectivity index (χ0) is 20.6. The van der Waals surface area contributed by atoms with E-state index in [0.717, 1.165) is 16.8 Å². The highest BCUT2D eigenvalue weighted by Gasteiger charge is 2.20. The molecule has 0 unspecified atom stereocenters. The van der Waals surface area contributed by atoms with Crippen LogP contribution in [0, 0.1) is 6.92 Å². The van der Waals surface area contributed by atoms with E-state index in [4.69, 9.17) is 0 Å². The van der Waals surface area contributed by atoms with Gasteiger partial charge in [0.2, 0.25) is 0 Å². The maximum absolute atomic E-state index is 13.0. The number of aromatic nitrogens is 3. The van der Waals surface area contributed by atoms with Crippen molar-refractivity contribution in [3.05, 3.63) is 52.8 Å². The smallest absolute Gasteiger partial charge is 0.256 e. The van der Waals surface area contributed by atoms with Crippen molar-refractivity contribution in [1.82, 2.24) is 19.7 Å². The number of carbonyl (C=O) groups is 2. The van der Waals surface area contributed by atoms with Crippen LogP contribution in [-0.4, -0.2) is 45.6 Å². The summed E-state index contributed by atoms with van der Waals surface area (Å²) in [6.07, 6.45) is 0. The van der Waals surface area contributed by atoms with Gasteiger partial charge in [-0.3, -0.25) is 14.3 Å². The third-order valence-corrected chi connectivity index (χ3v) is 4.62. The molecule has 2 aromatic heterocycles. The van der Waals surface area contributed by atoms with Crippen LogP contribution in [-0.2, 0) is 7.05 Å². The molecule has 0 spiro atoms. The summed E-state index contributed by atoms with van der Waals surface area (Å²) < 4.78 is 1.70. The highest BCUT2D eigenvalue weighted by Crippen LogP contribution is 2.25. The Morgan fingerprint density at radius 1 is 1.14 bits per heavy atom. The Kier molecular flexibility index (Phi) is 5.18. The molecule has 7 nitrogen and oxygen atoms in total. The fourth-order valence-corrected chi connectivity index (χ4v) is 3.09. The second-order valence-corrected chi connectivity index (χ2v) is 7.39. The molecule has 7 heteroatoms. The number of hydrogen-bond donors (Lipinski definition) is 1. The average Bonchev–Trinajstić information content (AvgIpc) is 2.95. The number of pyridine rings is 1. The Morgan fingerprint density at radius 2 is 1.79 bits per heavy atom. The van der Waals surface area contributed by atoms with Crippen molar-refractivity contribution in [3.63, 3.8) is 0 Å². The van der Waals surface area contributed by atoms with Gasteiger partial charge in [-0.15, -0.1) is 0 Å². The van der Waals surface area contributed by atoms with E-state index in [1.165, 1.54) is 4.90 Å². The van der Waals surface area contributed by atoms with Gasteiger partial charge in [-0.25, -0.2) is 4.98 Å². The van der Waals surface area contributed by atoms with E-state index < -0.39 is 0 Å². The highest BCUT2D eigenvalue weighted by atomic mass is 16.2. The van der Waals surface area contributed by atoms with Crippen molar-refractivity contribution in [2.75, 3.05) is 19.4 Å². The first-order valence-corrected chi connectivity index (χ1v) is 9.16. The summed E-state index contributed by atoms with van der Waals surface area (Å²) in [6, 6.07) is 8.70. The van der Waals surface area contributed by atoms with E-state index in [1.54, 1.807) is 43.0 Å². The van der Waals surface area contributed by atoms with Crippen molar-refractivity contribution in [3.8, 4) is 0 Å². The van der Waals surface area contributed by atoms with Crippen LogP contribution in [0.1, 0.15) is 51.9 Å². The number of fused-ring (bicyclic) bond motifs is 1. The van der Waals surface area contributed by atoms with Crippen LogP contribution in [0.5, 0.6) is 0 Å². The summed E-state index contributed by atoms with van der Waals surface area (Å²) in [4.78, 5) is 31.2.